The number of ether oxygens (including phenoxy) is 1. The maximum Gasteiger partial charge on any atom is 2.00 e. The van der Waals surface area contributed by atoms with E-state index in [4.69, 9.17) is 68.5 Å². The summed E-state index contributed by atoms with van der Waals surface area (Å²) in [6.45, 7) is 24.6. The number of hydrogen-bond acceptors (Lipinski definition) is 17. The molecule has 2 fully saturated rings. The van der Waals surface area contributed by atoms with Crippen molar-refractivity contribution >= 4 is 77.3 Å². The Morgan fingerprint density at radius 3 is 1.94 bits per heavy atom. The largest absolute Gasteiger partial charge is 2.00 e. The van der Waals surface area contributed by atoms with Crippen LogP contribution in [0.25, 0.3) is 16.4 Å². The second-order valence-electron chi connectivity index (χ2n) is 27.5. The molecular weight excluding hydrogens is 1280 g/mol. The molecule has 0 spiro atoms. The number of aryl methyl sites for hydroxylation is 2. The van der Waals surface area contributed by atoms with Gasteiger partial charge in [-0.25, -0.2) is 9.55 Å². The van der Waals surface area contributed by atoms with Crippen molar-refractivity contribution in [2.75, 3.05) is 13.2 Å². The van der Waals surface area contributed by atoms with Crippen LogP contribution in [0.5, 0.6) is 0 Å². The molecule has 1 aromatic heterocycles. The van der Waals surface area contributed by atoms with Crippen molar-refractivity contribution in [2.45, 2.75) is 202 Å². The molecule has 519 valence electrons. The van der Waals surface area contributed by atoms with Crippen LogP contribution in [0, 0.1) is 66.1 Å². The summed E-state index contributed by atoms with van der Waals surface area (Å²) in [4.78, 5) is 125. The van der Waals surface area contributed by atoms with Gasteiger partial charge in [0.15, 0.2) is 6.23 Å². The third-order valence-corrected chi connectivity index (χ3v) is 21.6. The summed E-state index contributed by atoms with van der Waals surface area (Å²) >= 11 is 0. The van der Waals surface area contributed by atoms with Crippen LogP contribution in [0.3, 0.4) is 0 Å². The van der Waals surface area contributed by atoms with Crippen molar-refractivity contribution in [3.63, 3.8) is 0 Å². The Morgan fingerprint density at radius 2 is 1.37 bits per heavy atom. The van der Waals surface area contributed by atoms with Crippen LogP contribution >= 0.6 is 7.82 Å². The zero-order chi connectivity index (χ0) is 69.4. The van der Waals surface area contributed by atoms with E-state index in [1.165, 1.54) is 13.3 Å². The van der Waals surface area contributed by atoms with E-state index in [1.807, 2.05) is 87.4 Å². The number of primary amides is 6. The fourth-order valence-electron chi connectivity index (χ4n) is 15.3. The zero-order valence-electron chi connectivity index (χ0n) is 55.9. The van der Waals surface area contributed by atoms with E-state index in [0.717, 1.165) is 17.5 Å². The van der Waals surface area contributed by atoms with Gasteiger partial charge >= 0.3 is 24.6 Å². The van der Waals surface area contributed by atoms with Crippen LogP contribution in [0.2, 0.25) is 0 Å². The minimum absolute atomic E-state index is 0. The Morgan fingerprint density at radius 1 is 0.798 bits per heavy atom. The van der Waals surface area contributed by atoms with Crippen LogP contribution in [-0.2, 0) is 68.7 Å². The summed E-state index contributed by atoms with van der Waals surface area (Å²) in [5.41, 5.74) is 36.8. The van der Waals surface area contributed by atoms with Gasteiger partial charge in [-0.15, -0.1) is 0 Å². The molecule has 0 aliphatic carbocycles. The molecule has 7 amide bonds. The smallest absolute Gasteiger partial charge is 0.682 e. The molecule has 8 bridgehead atoms. The number of carbonyl (C=O) groups is 7. The molecule has 1 radical (unpaired) electrons. The number of hydrogen-bond donors (Lipinski definition) is 10. The van der Waals surface area contributed by atoms with Gasteiger partial charge in [0, 0.05) is 108 Å². The average Bonchev–Trinajstić information content (AvgIpc) is 1.53. The molecule has 1 aromatic carbocycles. The van der Waals surface area contributed by atoms with Crippen LogP contribution in [0.4, 0.5) is 0 Å². The van der Waals surface area contributed by atoms with Gasteiger partial charge in [0.05, 0.1) is 41.3 Å². The van der Waals surface area contributed by atoms with Gasteiger partial charge in [-0.1, -0.05) is 47.6 Å². The number of aromatic nitrogens is 2. The normalized spacial score (nSPS) is 33.0. The number of nitrogens with two attached hydrogens (primary N) is 6. The SMILES string of the molecule is C/C1=C2N=C(/C=C3N=C(/C(C)=C4\[N-]C(C(CC(N)=O)C4(C)CCC(=O)NCC(C)OP(=O)(O)OC4C(CO)OC(n5cnc6cc(C)c(C)cc65)C4O)C4(C)N=C1C(CCC(N)=O)C4(C)CC(N)=O)C(CCC(N)=O)C\3(C)C)C(CCC(N)=O)C/2(C)CC(N)=O.[CH2-]CC.[Co+2]. The number of fused-ring (bicyclic) bond motifs is 7. The first-order valence-corrected chi connectivity index (χ1v) is 33.2. The molecule has 6 aliphatic heterocycles. The van der Waals surface area contributed by atoms with Gasteiger partial charge in [0.1, 0.15) is 18.3 Å². The number of allylic oxidation sites excluding steroid dienone is 6. The Hall–Kier alpha value is -6.49. The van der Waals surface area contributed by atoms with E-state index < -0.39 is 143 Å². The summed E-state index contributed by atoms with van der Waals surface area (Å²) in [5.74, 6) is -7.34. The summed E-state index contributed by atoms with van der Waals surface area (Å²) in [6.07, 6.45) is -3.47. The minimum atomic E-state index is -5.07. The number of aliphatic hydroxyl groups is 2. The predicted octanol–water partition coefficient (Wildman–Crippen LogP) is 5.18. The number of carbonyl (C=O) groups excluding carboxylic acids is 7. The van der Waals surface area contributed by atoms with E-state index in [0.29, 0.717) is 56.4 Å². The van der Waals surface area contributed by atoms with Gasteiger partial charge < -0.3 is 76.4 Å². The number of amides is 7. The topological polar surface area (TPSA) is 462 Å². The van der Waals surface area contributed by atoms with Crippen LogP contribution in [0.1, 0.15) is 164 Å². The first kappa shape index (κ1) is 76.5. The molecule has 15 atom stereocenters. The number of phosphoric acid groups is 1. The fraction of sp³-hybridized carbons (Fsp3) is 0.631. The average molecular weight is 1370 g/mol. The van der Waals surface area contributed by atoms with Crippen LogP contribution in [-0.4, -0.2) is 132 Å². The Bertz CT molecular complexity index is 3560. The minimum Gasteiger partial charge on any atom is -0.682 e. The third-order valence-electron chi connectivity index (χ3n) is 20.5. The van der Waals surface area contributed by atoms with Gasteiger partial charge in [-0.05, 0) is 119 Å². The Labute approximate surface area is 559 Å². The summed E-state index contributed by atoms with van der Waals surface area (Å²) in [7, 11) is -5.07. The van der Waals surface area contributed by atoms with Crippen molar-refractivity contribution in [1.29, 1.82) is 0 Å². The predicted molar refractivity (Wildman–Crippen MR) is 349 cm³/mol. The number of benzene rings is 1. The monoisotopic (exact) mass is 1370 g/mol. The quantitative estimate of drug-likeness (QED) is 0.0429. The van der Waals surface area contributed by atoms with Crippen molar-refractivity contribution in [1.82, 2.24) is 14.9 Å². The third kappa shape index (κ3) is 15.2. The van der Waals surface area contributed by atoms with Crippen molar-refractivity contribution < 1.29 is 83.8 Å². The van der Waals surface area contributed by atoms with E-state index >= 15 is 0 Å². The number of imidazole rings is 1. The van der Waals surface area contributed by atoms with Gasteiger partial charge in [-0.3, -0.25) is 57.6 Å². The summed E-state index contributed by atoms with van der Waals surface area (Å²) in [6, 6.07) is 2.68. The molecule has 2 saturated heterocycles. The van der Waals surface area contributed by atoms with Crippen molar-refractivity contribution in [2.24, 2.45) is 94.7 Å². The molecule has 0 saturated carbocycles. The maximum atomic E-state index is 14.4. The van der Waals surface area contributed by atoms with Crippen molar-refractivity contribution in [3.05, 3.63) is 76.1 Å². The summed E-state index contributed by atoms with van der Waals surface area (Å²) < 4.78 is 32.3. The molecular formula is C65H96CoN13O14P. The second-order valence-corrected chi connectivity index (χ2v) is 28.9. The van der Waals surface area contributed by atoms with Crippen molar-refractivity contribution in [3.8, 4) is 0 Å². The first-order valence-electron chi connectivity index (χ1n) is 31.7. The van der Waals surface area contributed by atoms with Crippen LogP contribution in [0.15, 0.2) is 67.8 Å². The number of aliphatic hydroxyl groups excluding tert-OH is 2. The van der Waals surface area contributed by atoms with E-state index in [2.05, 4.69) is 17.2 Å². The second kappa shape index (κ2) is 29.5. The molecule has 16 N–H and O–H groups in total. The van der Waals surface area contributed by atoms with Gasteiger partial charge in [-0.2, -0.15) is 12.1 Å². The molecule has 6 aliphatic rings. The van der Waals surface area contributed by atoms with E-state index in [1.54, 1.807) is 11.5 Å². The molecule has 7 heterocycles. The number of nitrogens with one attached hydrogen (secondary N) is 1. The van der Waals surface area contributed by atoms with Crippen LogP contribution < -0.4 is 39.7 Å². The van der Waals surface area contributed by atoms with Gasteiger partial charge in [0.2, 0.25) is 41.4 Å². The maximum absolute atomic E-state index is 14.4. The number of rotatable bonds is 26. The fourth-order valence-corrected chi connectivity index (χ4v) is 16.5. The molecule has 94 heavy (non-hydrogen) atoms. The Balaban J connectivity index is 0.00000343. The number of aliphatic imine (C=N–C) groups is 3. The molecule has 27 nitrogen and oxygen atoms in total. The van der Waals surface area contributed by atoms with E-state index in [9.17, 15) is 53.2 Å². The standard InChI is InChI=1S/C62H90N13O14P.C3H7.Co/c1-29-20-39-40(21-30(29)2)75(28-70-39)57-52(84)53(41(27-76)87-57)89-90(85,86)88-31(3)26-69-49(83)18-19-59(8)37(22-46(66)80)56-62(11)61(10,25-48(68)82)36(14-17-45(65)79)51(74-62)33(5)55-60(9,24-47(67)81)34(12-15-43(63)77)38(71-55)23-42-58(6,7)35(13-16-44(64)78)50(72-42)32(4)54(59)73-56;1-3-2;/h20-21,23,28,31,34-37,41,52-53,56-57,76,84H,12-19,22,24-27H2,1-11H3,(H15,63,64,65,66,67,68,69,71,72,73,74,77,78,79,80,81,82,83,85,86);1,3H2,2H3;/q;-1;+2/p-1. The zero-order valence-corrected chi connectivity index (χ0v) is 57.9. The van der Waals surface area contributed by atoms with Gasteiger partial charge in [0.25, 0.3) is 0 Å². The van der Waals surface area contributed by atoms with E-state index in [-0.39, 0.29) is 94.0 Å². The first-order chi connectivity index (χ1) is 43.2. The molecule has 8 rings (SSSR count). The molecule has 15 unspecified atom stereocenters. The summed E-state index contributed by atoms with van der Waals surface area (Å²) in [5, 5.41) is 30.2. The molecule has 2 aromatic rings. The number of nitrogens with zero attached hydrogens (tertiary/aromatic N) is 6. The molecule has 29 heteroatoms. The Kier molecular flexibility index (Phi) is 24.0. The number of phosphoric ester groups is 1.